The minimum atomic E-state index is -0.474. The van der Waals surface area contributed by atoms with Crippen molar-refractivity contribution in [3.63, 3.8) is 0 Å². The van der Waals surface area contributed by atoms with Crippen LogP contribution in [-0.4, -0.2) is 37.2 Å². The molecule has 7 heteroatoms. The third-order valence-electron chi connectivity index (χ3n) is 3.39. The topological polar surface area (TPSA) is 93.6 Å². The number of aromatic amines is 1. The molecule has 2 N–H and O–H groups in total. The second-order valence-electron chi connectivity index (χ2n) is 5.02. The largest absolute Gasteiger partial charge is 0.467 e. The lowest BCUT2D eigenvalue weighted by Gasteiger charge is -2.05. The predicted octanol–water partition coefficient (Wildman–Crippen LogP) is 1.96. The summed E-state index contributed by atoms with van der Waals surface area (Å²) in [4.78, 5) is 27.3. The van der Waals surface area contributed by atoms with Crippen molar-refractivity contribution in [1.82, 2.24) is 10.3 Å². The van der Waals surface area contributed by atoms with Gasteiger partial charge in [0.05, 0.1) is 25.0 Å². The van der Waals surface area contributed by atoms with E-state index in [-0.39, 0.29) is 19.1 Å². The molecule has 124 valence electrons. The molecule has 23 heavy (non-hydrogen) atoms. The van der Waals surface area contributed by atoms with E-state index in [0.29, 0.717) is 34.9 Å². The lowest BCUT2D eigenvalue weighted by Crippen LogP contribution is -2.23. The molecule has 0 aliphatic heterocycles. The molecule has 0 aliphatic rings. The molecule has 0 spiro atoms. The van der Waals surface area contributed by atoms with Crippen molar-refractivity contribution < 1.29 is 23.5 Å². The molecule has 2 heterocycles. The second kappa shape index (κ2) is 7.64. The molecule has 1 amide bonds. The Morgan fingerprint density at radius 1 is 1.30 bits per heavy atom. The quantitative estimate of drug-likeness (QED) is 0.601. The van der Waals surface area contributed by atoms with E-state index in [1.165, 1.54) is 7.11 Å². The molecular formula is C16H20N2O5. The molecule has 0 bridgehead atoms. The van der Waals surface area contributed by atoms with Gasteiger partial charge in [-0.05, 0) is 31.5 Å². The summed E-state index contributed by atoms with van der Waals surface area (Å²) < 4.78 is 15.1. The molecule has 0 saturated carbocycles. The highest BCUT2D eigenvalue weighted by atomic mass is 16.6. The fourth-order valence-corrected chi connectivity index (χ4v) is 2.24. The van der Waals surface area contributed by atoms with Gasteiger partial charge in [0, 0.05) is 12.8 Å². The lowest BCUT2D eigenvalue weighted by atomic mass is 10.1. The van der Waals surface area contributed by atoms with Crippen LogP contribution < -0.4 is 5.32 Å². The summed E-state index contributed by atoms with van der Waals surface area (Å²) in [6.07, 6.45) is 1.54. The Balaban J connectivity index is 2.06. The highest BCUT2D eigenvalue weighted by Crippen LogP contribution is 2.19. The molecule has 0 fully saturated rings. The van der Waals surface area contributed by atoms with E-state index in [1.54, 1.807) is 32.2 Å². The van der Waals surface area contributed by atoms with Gasteiger partial charge < -0.3 is 24.2 Å². The van der Waals surface area contributed by atoms with Crippen LogP contribution in [0.15, 0.2) is 22.8 Å². The lowest BCUT2D eigenvalue weighted by molar-refractivity contribution is 0.0387. The van der Waals surface area contributed by atoms with Gasteiger partial charge in [-0.2, -0.15) is 0 Å². The highest BCUT2D eigenvalue weighted by Gasteiger charge is 2.22. The van der Waals surface area contributed by atoms with E-state index in [1.807, 2.05) is 0 Å². The van der Waals surface area contributed by atoms with Crippen LogP contribution in [-0.2, 0) is 16.0 Å². The molecule has 2 aromatic rings. The number of ether oxygens (including phenoxy) is 2. The van der Waals surface area contributed by atoms with Crippen LogP contribution in [0, 0.1) is 13.8 Å². The molecule has 0 unspecified atom stereocenters. The van der Waals surface area contributed by atoms with Gasteiger partial charge in [-0.15, -0.1) is 0 Å². The number of methoxy groups -OCH3 is 1. The third kappa shape index (κ3) is 4.01. The number of rotatable bonds is 7. The summed E-state index contributed by atoms with van der Waals surface area (Å²) >= 11 is 0. The monoisotopic (exact) mass is 320 g/mol. The molecule has 2 rings (SSSR count). The van der Waals surface area contributed by atoms with Crippen molar-refractivity contribution in [3.8, 4) is 0 Å². The molecule has 0 saturated heterocycles. The van der Waals surface area contributed by atoms with Gasteiger partial charge >= 0.3 is 5.97 Å². The van der Waals surface area contributed by atoms with Crippen molar-refractivity contribution in [1.29, 1.82) is 0 Å². The number of carbonyl (C=O) groups is 2. The van der Waals surface area contributed by atoms with Crippen molar-refractivity contribution >= 4 is 11.9 Å². The molecule has 0 aromatic carbocycles. The molecular weight excluding hydrogens is 300 g/mol. The zero-order chi connectivity index (χ0) is 16.8. The minimum Gasteiger partial charge on any atom is -0.467 e. The Hall–Kier alpha value is -2.54. The summed E-state index contributed by atoms with van der Waals surface area (Å²) in [5, 5.41) is 2.74. The summed E-state index contributed by atoms with van der Waals surface area (Å²) in [6, 6.07) is 3.52. The van der Waals surface area contributed by atoms with Crippen LogP contribution in [0.3, 0.4) is 0 Å². The smallest absolute Gasteiger partial charge is 0.340 e. The molecule has 7 nitrogen and oxygen atoms in total. The maximum Gasteiger partial charge on any atom is 0.340 e. The number of H-pyrrole nitrogens is 1. The van der Waals surface area contributed by atoms with E-state index < -0.39 is 5.97 Å². The zero-order valence-corrected chi connectivity index (χ0v) is 13.4. The summed E-state index contributed by atoms with van der Waals surface area (Å²) in [5.41, 5.74) is 1.87. The Morgan fingerprint density at radius 2 is 2.09 bits per heavy atom. The number of nitrogens with one attached hydrogen (secondary N) is 2. The first kappa shape index (κ1) is 16.8. The Labute approximate surface area is 134 Å². The van der Waals surface area contributed by atoms with E-state index in [9.17, 15) is 9.59 Å². The Morgan fingerprint density at radius 3 is 2.74 bits per heavy atom. The number of aryl methyl sites for hydroxylation is 1. The van der Waals surface area contributed by atoms with Gasteiger partial charge in [-0.1, -0.05) is 0 Å². The fraction of sp³-hybridized carbons (Fsp3) is 0.375. The minimum absolute atomic E-state index is 0.166. The maximum absolute atomic E-state index is 12.3. The molecule has 0 radical (unpaired) electrons. The van der Waals surface area contributed by atoms with E-state index in [2.05, 4.69) is 10.3 Å². The predicted molar refractivity (Wildman–Crippen MR) is 82.3 cm³/mol. The average Bonchev–Trinajstić information content (AvgIpc) is 3.13. The number of carbonyl (C=O) groups excluding carboxylic acids is 2. The number of aromatic nitrogens is 1. The zero-order valence-electron chi connectivity index (χ0n) is 13.4. The van der Waals surface area contributed by atoms with Crippen LogP contribution in [0.2, 0.25) is 0 Å². The number of hydrogen-bond acceptors (Lipinski definition) is 5. The standard InChI is InChI=1S/C16H20N2O5/c1-10-13(16(20)23-8-7-21-3)11(2)18-14(10)15(19)17-9-12-5-4-6-22-12/h4-6,18H,7-9H2,1-3H3,(H,17,19). The van der Waals surface area contributed by atoms with Gasteiger partial charge in [-0.25, -0.2) is 4.79 Å². The van der Waals surface area contributed by atoms with Crippen LogP contribution in [0.4, 0.5) is 0 Å². The summed E-state index contributed by atoms with van der Waals surface area (Å²) in [6.45, 7) is 4.20. The SMILES string of the molecule is COCCOC(=O)c1c(C)[nH]c(C(=O)NCc2ccco2)c1C. The first-order chi connectivity index (χ1) is 11.0. The molecule has 0 atom stereocenters. The number of esters is 1. The van der Waals surface area contributed by atoms with E-state index in [0.717, 1.165) is 0 Å². The van der Waals surface area contributed by atoms with Gasteiger partial charge in [0.25, 0.3) is 5.91 Å². The van der Waals surface area contributed by atoms with Gasteiger partial charge in [-0.3, -0.25) is 4.79 Å². The van der Waals surface area contributed by atoms with Crippen LogP contribution in [0.5, 0.6) is 0 Å². The molecule has 0 aliphatic carbocycles. The average molecular weight is 320 g/mol. The van der Waals surface area contributed by atoms with Crippen molar-refractivity contribution in [2.45, 2.75) is 20.4 Å². The second-order valence-corrected chi connectivity index (χ2v) is 5.02. The van der Waals surface area contributed by atoms with E-state index in [4.69, 9.17) is 13.9 Å². The van der Waals surface area contributed by atoms with Crippen LogP contribution >= 0.6 is 0 Å². The van der Waals surface area contributed by atoms with Crippen molar-refractivity contribution in [2.24, 2.45) is 0 Å². The molecule has 2 aromatic heterocycles. The Bertz CT molecular complexity index is 673. The number of hydrogen-bond donors (Lipinski definition) is 2. The van der Waals surface area contributed by atoms with Crippen molar-refractivity contribution in [2.75, 3.05) is 20.3 Å². The third-order valence-corrected chi connectivity index (χ3v) is 3.39. The van der Waals surface area contributed by atoms with Crippen LogP contribution in [0.1, 0.15) is 37.9 Å². The van der Waals surface area contributed by atoms with Gasteiger partial charge in [0.2, 0.25) is 0 Å². The Kier molecular flexibility index (Phi) is 5.59. The normalized spacial score (nSPS) is 10.6. The van der Waals surface area contributed by atoms with Gasteiger partial charge in [0.1, 0.15) is 18.1 Å². The first-order valence-electron chi connectivity index (χ1n) is 7.20. The summed E-state index contributed by atoms with van der Waals surface area (Å²) in [5.74, 6) is -0.130. The summed E-state index contributed by atoms with van der Waals surface area (Å²) in [7, 11) is 1.53. The van der Waals surface area contributed by atoms with E-state index >= 15 is 0 Å². The number of amides is 1. The highest BCUT2D eigenvalue weighted by molar-refractivity contribution is 6.00. The van der Waals surface area contributed by atoms with Crippen molar-refractivity contribution in [3.05, 3.63) is 46.7 Å². The fourth-order valence-electron chi connectivity index (χ4n) is 2.24. The maximum atomic E-state index is 12.3. The number of furan rings is 1. The van der Waals surface area contributed by atoms with Crippen LogP contribution in [0.25, 0.3) is 0 Å². The van der Waals surface area contributed by atoms with Gasteiger partial charge in [0.15, 0.2) is 0 Å². The first-order valence-corrected chi connectivity index (χ1v) is 7.20.